The predicted octanol–water partition coefficient (Wildman–Crippen LogP) is 3.68. The maximum atomic E-state index is 5.98. The van der Waals surface area contributed by atoms with Crippen LogP contribution in [-0.4, -0.2) is 11.5 Å². The summed E-state index contributed by atoms with van der Waals surface area (Å²) in [6.07, 6.45) is 0.882. The highest BCUT2D eigenvalue weighted by atomic mass is 35.5. The van der Waals surface area contributed by atoms with Crippen molar-refractivity contribution in [3.8, 4) is 0 Å². The van der Waals surface area contributed by atoms with Gasteiger partial charge in [-0.05, 0) is 37.1 Å². The van der Waals surface area contributed by atoms with Crippen molar-refractivity contribution in [2.45, 2.75) is 13.3 Å². The molecule has 1 unspecified atom stereocenters. The fourth-order valence-corrected chi connectivity index (χ4v) is 2.04. The Morgan fingerprint density at radius 1 is 1.24 bits per heavy atom. The van der Waals surface area contributed by atoms with Crippen LogP contribution in [0.5, 0.6) is 0 Å². The second kappa shape index (κ2) is 5.21. The van der Waals surface area contributed by atoms with Gasteiger partial charge in [-0.1, -0.05) is 36.2 Å². The van der Waals surface area contributed by atoms with Crippen LogP contribution >= 0.6 is 23.2 Å². The van der Waals surface area contributed by atoms with E-state index < -0.39 is 0 Å². The Morgan fingerprint density at radius 2 is 1.94 bits per heavy atom. The number of nitrogens with two attached hydrogens (primary N) is 1. The zero-order valence-corrected chi connectivity index (χ0v) is 11.1. The summed E-state index contributed by atoms with van der Waals surface area (Å²) in [6, 6.07) is 7.67. The van der Waals surface area contributed by atoms with Crippen molar-refractivity contribution in [3.05, 3.63) is 40.0 Å². The molecule has 1 heterocycles. The van der Waals surface area contributed by atoms with Gasteiger partial charge in [0.1, 0.15) is 0 Å². The summed E-state index contributed by atoms with van der Waals surface area (Å²) >= 11 is 11.9. The van der Waals surface area contributed by atoms with Crippen LogP contribution in [0.1, 0.15) is 12.6 Å². The smallest absolute Gasteiger partial charge is 0.0721 e. The van der Waals surface area contributed by atoms with Crippen molar-refractivity contribution in [2.24, 2.45) is 11.7 Å². The minimum Gasteiger partial charge on any atom is -0.330 e. The van der Waals surface area contributed by atoms with Gasteiger partial charge in [-0.3, -0.25) is 4.98 Å². The third kappa shape index (κ3) is 2.89. The van der Waals surface area contributed by atoms with Crippen molar-refractivity contribution in [2.75, 3.05) is 6.54 Å². The Labute approximate surface area is 111 Å². The molecule has 2 aromatic rings. The van der Waals surface area contributed by atoms with Gasteiger partial charge in [0.15, 0.2) is 0 Å². The molecule has 0 radical (unpaired) electrons. The molecular formula is C13H14Cl2N2. The van der Waals surface area contributed by atoms with Gasteiger partial charge in [0.2, 0.25) is 0 Å². The first kappa shape index (κ1) is 12.6. The third-order valence-corrected chi connectivity index (χ3v) is 3.47. The number of aromatic nitrogens is 1. The van der Waals surface area contributed by atoms with Gasteiger partial charge >= 0.3 is 0 Å². The van der Waals surface area contributed by atoms with E-state index in [0.717, 1.165) is 23.0 Å². The summed E-state index contributed by atoms with van der Waals surface area (Å²) in [6.45, 7) is 2.78. The number of benzene rings is 1. The highest BCUT2D eigenvalue weighted by Crippen LogP contribution is 2.27. The number of halogens is 2. The number of hydrogen-bond acceptors (Lipinski definition) is 2. The molecule has 17 heavy (non-hydrogen) atoms. The Bertz CT molecular complexity index is 540. The van der Waals surface area contributed by atoms with Crippen LogP contribution in [0.25, 0.3) is 10.9 Å². The Kier molecular flexibility index (Phi) is 3.87. The van der Waals surface area contributed by atoms with Gasteiger partial charge in [0, 0.05) is 11.1 Å². The standard InChI is InChI=1S/C13H14Cl2N2/c1-8(7-16)4-10-3-2-9-5-11(14)12(15)6-13(9)17-10/h2-3,5-6,8H,4,7,16H2,1H3. The zero-order valence-electron chi connectivity index (χ0n) is 9.58. The molecular weight excluding hydrogens is 255 g/mol. The van der Waals surface area contributed by atoms with E-state index in [-0.39, 0.29) is 0 Å². The average Bonchev–Trinajstić information content (AvgIpc) is 2.31. The molecule has 0 saturated carbocycles. The summed E-state index contributed by atoms with van der Waals surface area (Å²) in [7, 11) is 0. The highest BCUT2D eigenvalue weighted by Gasteiger charge is 2.06. The summed E-state index contributed by atoms with van der Waals surface area (Å²) in [5, 5.41) is 2.10. The fraction of sp³-hybridized carbons (Fsp3) is 0.308. The van der Waals surface area contributed by atoms with E-state index in [9.17, 15) is 0 Å². The molecule has 0 bridgehead atoms. The van der Waals surface area contributed by atoms with Crippen LogP contribution < -0.4 is 5.73 Å². The van der Waals surface area contributed by atoms with Crippen molar-refractivity contribution < 1.29 is 0 Å². The van der Waals surface area contributed by atoms with Gasteiger partial charge in [0.05, 0.1) is 15.6 Å². The Morgan fingerprint density at radius 3 is 2.65 bits per heavy atom. The second-order valence-electron chi connectivity index (χ2n) is 4.31. The van der Waals surface area contributed by atoms with Crippen molar-refractivity contribution in [1.82, 2.24) is 4.98 Å². The zero-order chi connectivity index (χ0) is 12.4. The summed E-state index contributed by atoms with van der Waals surface area (Å²) < 4.78 is 0. The Balaban J connectivity index is 2.40. The predicted molar refractivity (Wildman–Crippen MR) is 73.7 cm³/mol. The van der Waals surface area contributed by atoms with Gasteiger partial charge in [-0.2, -0.15) is 0 Å². The van der Waals surface area contributed by atoms with Crippen LogP contribution in [0.3, 0.4) is 0 Å². The second-order valence-corrected chi connectivity index (χ2v) is 5.12. The van der Waals surface area contributed by atoms with E-state index in [0.29, 0.717) is 22.5 Å². The van der Waals surface area contributed by atoms with E-state index >= 15 is 0 Å². The van der Waals surface area contributed by atoms with Crippen LogP contribution in [0.4, 0.5) is 0 Å². The molecule has 0 amide bonds. The lowest BCUT2D eigenvalue weighted by atomic mass is 10.0. The molecule has 1 aromatic carbocycles. The minimum atomic E-state index is 0.433. The molecule has 1 atom stereocenters. The molecule has 0 fully saturated rings. The maximum absolute atomic E-state index is 5.98. The van der Waals surface area contributed by atoms with Crippen molar-refractivity contribution in [3.63, 3.8) is 0 Å². The van der Waals surface area contributed by atoms with Crippen LogP contribution in [0.2, 0.25) is 10.0 Å². The number of fused-ring (bicyclic) bond motifs is 1. The normalized spacial score (nSPS) is 12.9. The first-order valence-electron chi connectivity index (χ1n) is 5.55. The lowest BCUT2D eigenvalue weighted by Crippen LogP contribution is -2.13. The summed E-state index contributed by atoms with van der Waals surface area (Å²) in [4.78, 5) is 4.57. The maximum Gasteiger partial charge on any atom is 0.0721 e. The van der Waals surface area contributed by atoms with Gasteiger partial charge in [0.25, 0.3) is 0 Å². The van der Waals surface area contributed by atoms with E-state index in [4.69, 9.17) is 28.9 Å². The Hall–Kier alpha value is -0.830. The molecule has 2 N–H and O–H groups in total. The number of hydrogen-bond donors (Lipinski definition) is 1. The quantitative estimate of drug-likeness (QED) is 0.923. The lowest BCUT2D eigenvalue weighted by molar-refractivity contribution is 0.585. The monoisotopic (exact) mass is 268 g/mol. The molecule has 4 heteroatoms. The summed E-state index contributed by atoms with van der Waals surface area (Å²) in [5.41, 5.74) is 7.52. The van der Waals surface area contributed by atoms with E-state index in [1.54, 1.807) is 6.07 Å². The molecule has 90 valence electrons. The lowest BCUT2D eigenvalue weighted by Gasteiger charge is -2.08. The van der Waals surface area contributed by atoms with Gasteiger partial charge in [-0.25, -0.2) is 0 Å². The first-order chi connectivity index (χ1) is 8.10. The van der Waals surface area contributed by atoms with Crippen molar-refractivity contribution >= 4 is 34.1 Å². The summed E-state index contributed by atoms with van der Waals surface area (Å²) in [5.74, 6) is 0.433. The number of pyridine rings is 1. The molecule has 0 spiro atoms. The van der Waals surface area contributed by atoms with Gasteiger partial charge < -0.3 is 5.73 Å². The van der Waals surface area contributed by atoms with E-state index in [2.05, 4.69) is 11.9 Å². The largest absolute Gasteiger partial charge is 0.330 e. The molecule has 2 nitrogen and oxygen atoms in total. The molecule has 2 rings (SSSR count). The number of nitrogens with zero attached hydrogens (tertiary/aromatic N) is 1. The number of rotatable bonds is 3. The third-order valence-electron chi connectivity index (χ3n) is 2.75. The topological polar surface area (TPSA) is 38.9 Å². The molecule has 0 saturated heterocycles. The van der Waals surface area contributed by atoms with Crippen molar-refractivity contribution in [1.29, 1.82) is 0 Å². The van der Waals surface area contributed by atoms with Crippen LogP contribution in [-0.2, 0) is 6.42 Å². The first-order valence-corrected chi connectivity index (χ1v) is 6.30. The highest BCUT2D eigenvalue weighted by molar-refractivity contribution is 6.42. The average molecular weight is 269 g/mol. The van der Waals surface area contributed by atoms with Crippen LogP contribution in [0, 0.1) is 5.92 Å². The van der Waals surface area contributed by atoms with Gasteiger partial charge in [-0.15, -0.1) is 0 Å². The molecule has 0 aliphatic heterocycles. The molecule has 0 aliphatic carbocycles. The van der Waals surface area contributed by atoms with E-state index in [1.165, 1.54) is 0 Å². The minimum absolute atomic E-state index is 0.433. The SMILES string of the molecule is CC(CN)Cc1ccc2cc(Cl)c(Cl)cc2n1. The fourth-order valence-electron chi connectivity index (χ4n) is 1.71. The van der Waals surface area contributed by atoms with E-state index in [1.807, 2.05) is 18.2 Å². The van der Waals surface area contributed by atoms with Crippen LogP contribution in [0.15, 0.2) is 24.3 Å². The molecule has 0 aliphatic rings. The molecule has 1 aromatic heterocycles.